The van der Waals surface area contributed by atoms with Crippen molar-refractivity contribution in [1.82, 2.24) is 14.8 Å². The van der Waals surface area contributed by atoms with Crippen LogP contribution in [-0.2, 0) is 13.5 Å². The molecule has 1 rings (SSSR count). The summed E-state index contributed by atoms with van der Waals surface area (Å²) in [7, 11) is 1.90. The van der Waals surface area contributed by atoms with E-state index in [1.54, 1.807) is 4.68 Å². The minimum absolute atomic E-state index is 0.380. The Morgan fingerprint density at radius 1 is 1.47 bits per heavy atom. The lowest BCUT2D eigenvalue weighted by molar-refractivity contribution is 0.303. The average molecular weight is 227 g/mol. The third-order valence-electron chi connectivity index (χ3n) is 2.32. The zero-order chi connectivity index (χ0) is 11.6. The van der Waals surface area contributed by atoms with Crippen LogP contribution in [0.3, 0.4) is 0 Å². The molecule has 0 saturated carbocycles. The highest BCUT2D eigenvalue weighted by molar-refractivity contribution is 7.71. The third kappa shape index (κ3) is 4.16. The monoisotopic (exact) mass is 227 g/mol. The van der Waals surface area contributed by atoms with Gasteiger partial charge < -0.3 is 0 Å². The molecule has 0 spiro atoms. The number of hydrogen-bond donors (Lipinski definition) is 1. The summed E-state index contributed by atoms with van der Waals surface area (Å²) in [4.78, 5) is 4.30. The molecule has 4 heteroatoms. The van der Waals surface area contributed by atoms with Gasteiger partial charge in [-0.1, -0.05) is 27.7 Å². The number of nitrogens with one attached hydrogen (secondary N) is 1. The van der Waals surface area contributed by atoms with E-state index in [1.165, 1.54) is 6.42 Å². The largest absolute Gasteiger partial charge is 0.283 e. The minimum atomic E-state index is 0.380. The van der Waals surface area contributed by atoms with Crippen molar-refractivity contribution >= 4 is 12.2 Å². The molecule has 0 fully saturated rings. The van der Waals surface area contributed by atoms with E-state index >= 15 is 0 Å². The molecule has 0 aliphatic carbocycles. The van der Waals surface area contributed by atoms with Crippen molar-refractivity contribution in [2.75, 3.05) is 0 Å². The van der Waals surface area contributed by atoms with E-state index in [0.29, 0.717) is 16.1 Å². The highest BCUT2D eigenvalue weighted by Gasteiger charge is 2.16. The first-order chi connectivity index (χ1) is 6.78. The first-order valence-corrected chi connectivity index (χ1v) is 5.80. The number of hydrogen-bond acceptors (Lipinski definition) is 2. The van der Waals surface area contributed by atoms with Crippen LogP contribution in [0.1, 0.15) is 39.9 Å². The van der Waals surface area contributed by atoms with Crippen molar-refractivity contribution in [3.63, 3.8) is 0 Å². The summed E-state index contributed by atoms with van der Waals surface area (Å²) in [5, 5.41) is 3.16. The van der Waals surface area contributed by atoms with Crippen LogP contribution in [0.15, 0.2) is 0 Å². The second kappa shape index (κ2) is 4.47. The Labute approximate surface area is 96.9 Å². The maximum absolute atomic E-state index is 5.06. The summed E-state index contributed by atoms with van der Waals surface area (Å²) < 4.78 is 2.42. The van der Waals surface area contributed by atoms with Crippen LogP contribution in [0.5, 0.6) is 0 Å². The summed E-state index contributed by atoms with van der Waals surface area (Å²) in [5.41, 5.74) is 0.380. The van der Waals surface area contributed by atoms with E-state index in [-0.39, 0.29) is 0 Å². The molecule has 0 bridgehead atoms. The van der Waals surface area contributed by atoms with Gasteiger partial charge in [-0.2, -0.15) is 0 Å². The smallest absolute Gasteiger partial charge is 0.215 e. The lowest BCUT2D eigenvalue weighted by Gasteiger charge is -2.22. The van der Waals surface area contributed by atoms with E-state index in [0.717, 1.165) is 12.2 Å². The van der Waals surface area contributed by atoms with Gasteiger partial charge in [-0.25, -0.2) is 4.98 Å². The maximum atomic E-state index is 5.06. The van der Waals surface area contributed by atoms with Crippen molar-refractivity contribution in [2.45, 2.75) is 40.5 Å². The maximum Gasteiger partial charge on any atom is 0.215 e. The zero-order valence-corrected chi connectivity index (χ0v) is 11.1. The molecular formula is C11H21N3S. The quantitative estimate of drug-likeness (QED) is 0.805. The van der Waals surface area contributed by atoms with Crippen molar-refractivity contribution in [1.29, 1.82) is 0 Å². The van der Waals surface area contributed by atoms with E-state index in [9.17, 15) is 0 Å². The lowest BCUT2D eigenvalue weighted by atomic mass is 9.84. The number of aromatic nitrogens is 3. The summed E-state index contributed by atoms with van der Waals surface area (Å²) in [6, 6.07) is 0. The number of aryl methyl sites for hydroxylation is 1. The van der Waals surface area contributed by atoms with Gasteiger partial charge in [0.1, 0.15) is 5.82 Å². The summed E-state index contributed by atoms with van der Waals surface area (Å²) in [5.74, 6) is 1.63. The molecule has 0 aliphatic rings. The zero-order valence-electron chi connectivity index (χ0n) is 10.3. The molecule has 86 valence electrons. The Bertz CT molecular complexity index is 370. The second-order valence-electron chi connectivity index (χ2n) is 5.59. The minimum Gasteiger partial charge on any atom is -0.283 e. The van der Waals surface area contributed by atoms with Gasteiger partial charge in [0.2, 0.25) is 4.77 Å². The molecule has 3 nitrogen and oxygen atoms in total. The third-order valence-corrected chi connectivity index (χ3v) is 2.68. The molecule has 1 aromatic heterocycles. The van der Waals surface area contributed by atoms with Gasteiger partial charge in [-0.15, -0.1) is 0 Å². The van der Waals surface area contributed by atoms with Gasteiger partial charge in [-0.05, 0) is 30.0 Å². The Kier molecular flexibility index (Phi) is 3.71. The molecule has 0 amide bonds. The Hall–Kier alpha value is -0.640. The molecule has 1 aromatic rings. The summed E-state index contributed by atoms with van der Waals surface area (Å²) >= 11 is 5.06. The Morgan fingerprint density at radius 3 is 2.47 bits per heavy atom. The van der Waals surface area contributed by atoms with Gasteiger partial charge in [-0.3, -0.25) is 9.78 Å². The summed E-state index contributed by atoms with van der Waals surface area (Å²) in [6.45, 7) is 9.06. The number of H-pyrrole nitrogens is 1. The van der Waals surface area contributed by atoms with Gasteiger partial charge in [0, 0.05) is 13.5 Å². The molecule has 0 radical (unpaired) electrons. The fraction of sp³-hybridized carbons (Fsp3) is 0.818. The van der Waals surface area contributed by atoms with E-state index in [2.05, 4.69) is 37.8 Å². The summed E-state index contributed by atoms with van der Waals surface area (Å²) in [6.07, 6.45) is 2.17. The standard InChI is InChI=1S/C11H21N3S/c1-8(7-11(2,3)4)6-9-12-10(15)14(5)13-9/h8H,6-7H2,1-5H3,(H,12,13,15). The van der Waals surface area contributed by atoms with E-state index in [1.807, 2.05) is 7.05 Å². The van der Waals surface area contributed by atoms with E-state index < -0.39 is 0 Å². The Balaban J connectivity index is 2.59. The molecule has 1 N–H and O–H groups in total. The van der Waals surface area contributed by atoms with Crippen LogP contribution in [0.2, 0.25) is 0 Å². The molecule has 1 atom stereocenters. The molecule has 0 aromatic carbocycles. The fourth-order valence-corrected chi connectivity index (χ4v) is 2.15. The van der Waals surface area contributed by atoms with Crippen LogP contribution in [0.25, 0.3) is 0 Å². The van der Waals surface area contributed by atoms with Crippen LogP contribution in [-0.4, -0.2) is 14.8 Å². The molecule has 1 heterocycles. The molecule has 0 aliphatic heterocycles. The Morgan fingerprint density at radius 2 is 2.07 bits per heavy atom. The number of nitrogens with zero attached hydrogens (tertiary/aromatic N) is 2. The topological polar surface area (TPSA) is 33.6 Å². The van der Waals surface area contributed by atoms with Gasteiger partial charge >= 0.3 is 0 Å². The average Bonchev–Trinajstić information content (AvgIpc) is 2.26. The predicted octanol–water partition coefficient (Wildman–Crippen LogP) is 3.09. The molecule has 1 unspecified atom stereocenters. The van der Waals surface area contributed by atoms with E-state index in [4.69, 9.17) is 12.2 Å². The van der Waals surface area contributed by atoms with Gasteiger partial charge in [0.25, 0.3) is 0 Å². The van der Waals surface area contributed by atoms with Crippen molar-refractivity contribution < 1.29 is 0 Å². The normalized spacial score (nSPS) is 14.2. The molecule has 0 saturated heterocycles. The highest BCUT2D eigenvalue weighted by Crippen LogP contribution is 2.25. The first-order valence-electron chi connectivity index (χ1n) is 5.40. The number of aromatic amines is 1. The predicted molar refractivity (Wildman–Crippen MR) is 65.3 cm³/mol. The second-order valence-corrected chi connectivity index (χ2v) is 5.95. The van der Waals surface area contributed by atoms with Gasteiger partial charge in [0.15, 0.2) is 0 Å². The van der Waals surface area contributed by atoms with Crippen LogP contribution >= 0.6 is 12.2 Å². The van der Waals surface area contributed by atoms with Crippen molar-refractivity contribution in [3.8, 4) is 0 Å². The van der Waals surface area contributed by atoms with Crippen molar-refractivity contribution in [3.05, 3.63) is 10.6 Å². The first kappa shape index (κ1) is 12.4. The molecular weight excluding hydrogens is 206 g/mol. The highest BCUT2D eigenvalue weighted by atomic mass is 32.1. The molecule has 15 heavy (non-hydrogen) atoms. The van der Waals surface area contributed by atoms with Crippen LogP contribution < -0.4 is 0 Å². The van der Waals surface area contributed by atoms with Crippen LogP contribution in [0, 0.1) is 16.1 Å². The SMILES string of the molecule is CC(Cc1nc(=S)n(C)[nH]1)CC(C)(C)C. The lowest BCUT2D eigenvalue weighted by Crippen LogP contribution is -2.13. The van der Waals surface area contributed by atoms with Crippen molar-refractivity contribution in [2.24, 2.45) is 18.4 Å². The van der Waals surface area contributed by atoms with Crippen LogP contribution in [0.4, 0.5) is 0 Å². The fourth-order valence-electron chi connectivity index (χ4n) is 2.00. The van der Waals surface area contributed by atoms with Gasteiger partial charge in [0.05, 0.1) is 0 Å². The number of rotatable bonds is 3.